The molecule has 1 radical (unpaired) electrons. The Kier molecular flexibility index (Phi) is 9.53. The predicted molar refractivity (Wildman–Crippen MR) is 55.6 cm³/mol. The number of hydrogen-bond acceptors (Lipinski definition) is 7. The maximum atomic E-state index is 11.3. The minimum Gasteiger partial charge on any atom is -0.481 e. The van der Waals surface area contributed by atoms with Gasteiger partial charge < -0.3 is 19.5 Å². The van der Waals surface area contributed by atoms with E-state index in [9.17, 15) is 27.6 Å². The van der Waals surface area contributed by atoms with Crippen molar-refractivity contribution in [1.29, 1.82) is 0 Å². The molecule has 0 aromatic heterocycles. The maximum absolute atomic E-state index is 11.3. The summed E-state index contributed by atoms with van der Waals surface area (Å²) in [5.74, 6) is -6.56. The first-order valence-corrected chi connectivity index (χ1v) is 6.16. The van der Waals surface area contributed by atoms with E-state index in [1.54, 1.807) is 0 Å². The zero-order chi connectivity index (χ0) is 15.2. The van der Waals surface area contributed by atoms with Gasteiger partial charge in [0.05, 0.1) is 19.3 Å². The third-order valence-corrected chi connectivity index (χ3v) is 3.22. The summed E-state index contributed by atoms with van der Waals surface area (Å²) in [5.41, 5.74) is 0. The second-order valence-electron chi connectivity index (χ2n) is 3.27. The van der Waals surface area contributed by atoms with E-state index in [-0.39, 0.29) is 32.7 Å². The average Bonchev–Trinajstić information content (AvgIpc) is 2.21. The van der Waals surface area contributed by atoms with Crippen LogP contribution in [0.4, 0.5) is 0 Å². The molecular formula is C8H10O10SY. The van der Waals surface area contributed by atoms with Crippen LogP contribution in [0.1, 0.15) is 19.3 Å². The van der Waals surface area contributed by atoms with Gasteiger partial charge in [0.1, 0.15) is 0 Å². The molecule has 0 aliphatic heterocycles. The first-order valence-electron chi connectivity index (χ1n) is 4.68. The molecule has 0 aromatic rings. The summed E-state index contributed by atoms with van der Waals surface area (Å²) < 4.78 is 26.5. The third-order valence-electron chi connectivity index (χ3n) is 1.74. The van der Waals surface area contributed by atoms with Gasteiger partial charge in [-0.15, -0.1) is 0 Å². The average molecular weight is 387 g/mol. The molecule has 10 nitrogen and oxygen atoms in total. The van der Waals surface area contributed by atoms with Gasteiger partial charge in [-0.1, -0.05) is 0 Å². The topological polar surface area (TPSA) is 172 Å². The molecular weight excluding hydrogens is 377 g/mol. The van der Waals surface area contributed by atoms with Gasteiger partial charge in [0.15, 0.2) is 0 Å². The Morgan fingerprint density at radius 3 is 1.80 bits per heavy atom. The smallest absolute Gasteiger partial charge is 0.326 e. The van der Waals surface area contributed by atoms with E-state index in [2.05, 4.69) is 4.18 Å². The number of rotatable bonds is 8. The van der Waals surface area contributed by atoms with Crippen molar-refractivity contribution < 1.29 is 79.8 Å². The molecule has 3 N–H and O–H groups in total. The van der Waals surface area contributed by atoms with Gasteiger partial charge in [-0.25, -0.2) is 0 Å². The molecule has 0 saturated carbocycles. The van der Waals surface area contributed by atoms with Gasteiger partial charge >= 0.3 is 34.0 Å². The van der Waals surface area contributed by atoms with Crippen LogP contribution in [0.25, 0.3) is 0 Å². The van der Waals surface area contributed by atoms with Crippen LogP contribution in [0, 0.1) is 0 Å². The van der Waals surface area contributed by atoms with Crippen LogP contribution in [0.15, 0.2) is 0 Å². The van der Waals surface area contributed by atoms with E-state index in [1.165, 1.54) is 0 Å². The Balaban J connectivity index is 0. The molecule has 0 aliphatic rings. The Morgan fingerprint density at radius 1 is 0.950 bits per heavy atom. The van der Waals surface area contributed by atoms with Gasteiger partial charge in [0.2, 0.25) is 5.25 Å². The number of carboxylic acids is 3. The molecule has 0 rings (SSSR count). The van der Waals surface area contributed by atoms with Crippen LogP contribution in [-0.4, -0.2) is 52.9 Å². The summed E-state index contributed by atoms with van der Waals surface area (Å²) in [6.45, 7) is 0. The van der Waals surface area contributed by atoms with Crippen LogP contribution < -0.4 is 0 Å². The number of carboxylic acid groups (broad SMARTS) is 3. The standard InChI is InChI=1S/C8H10O10S.Y/c9-5(10)1-2-7(13)18-19(16,17)4(8(14)15)3-6(11)12;/h4H,1-3H2,(H,9,10)(H,11,12)(H,14,15);. The SMILES string of the molecule is O=C(O)CCC(=O)OS(=O)(=O)C(CC(=O)O)C(=O)O.[Y]. The predicted octanol–water partition coefficient (Wildman–Crippen LogP) is -1.35. The van der Waals surface area contributed by atoms with Crippen molar-refractivity contribution in [3.63, 3.8) is 0 Å². The van der Waals surface area contributed by atoms with Gasteiger partial charge in [-0.2, -0.15) is 8.42 Å². The first kappa shape index (κ1) is 21.2. The van der Waals surface area contributed by atoms with Crippen molar-refractivity contribution in [1.82, 2.24) is 0 Å². The van der Waals surface area contributed by atoms with Crippen molar-refractivity contribution in [2.75, 3.05) is 0 Å². The second-order valence-corrected chi connectivity index (χ2v) is 4.99. The zero-order valence-corrected chi connectivity index (χ0v) is 13.5. The number of carbonyl (C=O) groups is 4. The molecule has 20 heavy (non-hydrogen) atoms. The van der Waals surface area contributed by atoms with Crippen molar-refractivity contribution >= 4 is 34.0 Å². The molecule has 111 valence electrons. The molecule has 0 bridgehead atoms. The van der Waals surface area contributed by atoms with E-state index in [0.29, 0.717) is 0 Å². The fraction of sp³-hybridized carbons (Fsp3) is 0.500. The number of hydrogen-bond donors (Lipinski definition) is 3. The summed E-state index contributed by atoms with van der Waals surface area (Å²) in [7, 11) is -4.99. The molecule has 0 aromatic carbocycles. The molecule has 1 unspecified atom stereocenters. The van der Waals surface area contributed by atoms with Gasteiger partial charge in [-0.05, 0) is 0 Å². The number of aliphatic carboxylic acids is 3. The van der Waals surface area contributed by atoms with Crippen molar-refractivity contribution in [2.45, 2.75) is 24.5 Å². The fourth-order valence-electron chi connectivity index (χ4n) is 0.910. The second kappa shape index (κ2) is 8.98. The van der Waals surface area contributed by atoms with Crippen molar-refractivity contribution in [2.24, 2.45) is 0 Å². The van der Waals surface area contributed by atoms with Crippen LogP contribution in [-0.2, 0) is 66.2 Å². The van der Waals surface area contributed by atoms with Crippen molar-refractivity contribution in [3.05, 3.63) is 0 Å². The van der Waals surface area contributed by atoms with Crippen LogP contribution >= 0.6 is 0 Å². The summed E-state index contributed by atoms with van der Waals surface area (Å²) in [6.07, 6.45) is -2.77. The van der Waals surface area contributed by atoms with Gasteiger partial charge in [-0.3, -0.25) is 19.2 Å². The van der Waals surface area contributed by atoms with Crippen LogP contribution in [0.5, 0.6) is 0 Å². The molecule has 0 aliphatic carbocycles. The summed E-state index contributed by atoms with van der Waals surface area (Å²) in [6, 6.07) is 0. The van der Waals surface area contributed by atoms with E-state index in [0.717, 1.165) is 0 Å². The molecule has 0 amide bonds. The Hall–Kier alpha value is -1.07. The third kappa shape index (κ3) is 8.17. The first-order chi connectivity index (χ1) is 8.56. The monoisotopic (exact) mass is 387 g/mol. The molecule has 12 heteroatoms. The molecule has 0 fully saturated rings. The van der Waals surface area contributed by atoms with Crippen LogP contribution in [0.3, 0.4) is 0 Å². The van der Waals surface area contributed by atoms with E-state index in [1.807, 2.05) is 0 Å². The fourth-order valence-corrected chi connectivity index (χ4v) is 1.96. The summed E-state index contributed by atoms with van der Waals surface area (Å²) in [4.78, 5) is 42.0. The van der Waals surface area contributed by atoms with Gasteiger partial charge in [0.25, 0.3) is 0 Å². The summed E-state index contributed by atoms with van der Waals surface area (Å²) in [5, 5.41) is 22.7. The van der Waals surface area contributed by atoms with Crippen LogP contribution in [0.2, 0.25) is 0 Å². The Morgan fingerprint density at radius 2 is 1.45 bits per heavy atom. The Bertz CT molecular complexity index is 495. The molecule has 0 spiro atoms. The normalized spacial score (nSPS) is 11.8. The molecule has 0 saturated heterocycles. The largest absolute Gasteiger partial charge is 0.481 e. The van der Waals surface area contributed by atoms with Crippen molar-refractivity contribution in [3.8, 4) is 0 Å². The minimum absolute atomic E-state index is 0. The quantitative estimate of drug-likeness (QED) is 0.423. The minimum atomic E-state index is -4.99. The molecule has 1 atom stereocenters. The van der Waals surface area contributed by atoms with E-state index < -0.39 is 58.5 Å². The number of carbonyl (C=O) groups excluding carboxylic acids is 1. The maximum Gasteiger partial charge on any atom is 0.326 e. The Labute approximate surface area is 138 Å². The van der Waals surface area contributed by atoms with E-state index >= 15 is 0 Å². The van der Waals surface area contributed by atoms with Gasteiger partial charge in [0, 0.05) is 32.7 Å². The van der Waals surface area contributed by atoms with E-state index in [4.69, 9.17) is 15.3 Å². The zero-order valence-electron chi connectivity index (χ0n) is 9.88. The molecule has 0 heterocycles. The summed E-state index contributed by atoms with van der Waals surface area (Å²) >= 11 is 0.